The lowest BCUT2D eigenvalue weighted by molar-refractivity contribution is -0.121. The number of hydrogen-bond acceptors (Lipinski definition) is 4. The second-order valence-electron chi connectivity index (χ2n) is 7.21. The maximum atomic E-state index is 12.6. The van der Waals surface area contributed by atoms with Crippen LogP contribution in [0.5, 0.6) is 0 Å². The Bertz CT molecular complexity index is 901. The van der Waals surface area contributed by atoms with Gasteiger partial charge in [-0.25, -0.2) is 0 Å². The molecule has 7 heteroatoms. The molecule has 0 saturated heterocycles. The third-order valence-electron chi connectivity index (χ3n) is 5.09. The third-order valence-corrected chi connectivity index (χ3v) is 5.09. The molecule has 2 aromatic rings. The average Bonchev–Trinajstić information content (AvgIpc) is 2.69. The molecule has 1 saturated carbocycles. The first-order chi connectivity index (χ1) is 13.5. The van der Waals surface area contributed by atoms with Crippen LogP contribution in [-0.4, -0.2) is 27.4 Å². The van der Waals surface area contributed by atoms with Gasteiger partial charge < -0.3 is 15.2 Å². The fraction of sp³-hybridized carbons (Fsp3) is 0.429. The molecule has 2 aromatic heterocycles. The molecular formula is C21H26N4O3. The molecule has 1 aliphatic carbocycles. The number of carbonyl (C=O) groups excluding carboxylic acids is 2. The maximum absolute atomic E-state index is 12.6. The standard InChI is InChI=1S/C21H26N4O3/c1-15-7-5-11-22-18(15)13-23-19(26)14-25-12-6-10-17(21(25)28)20(27)24-16-8-3-2-4-9-16/h5-7,10-12,16H,2-4,8-9,13-14H2,1H3,(H,23,26)(H,24,27). The summed E-state index contributed by atoms with van der Waals surface area (Å²) in [5.74, 6) is -0.673. The molecule has 0 radical (unpaired) electrons. The second-order valence-corrected chi connectivity index (χ2v) is 7.21. The van der Waals surface area contributed by atoms with Crippen LogP contribution in [0.4, 0.5) is 0 Å². The van der Waals surface area contributed by atoms with Gasteiger partial charge in [-0.1, -0.05) is 25.3 Å². The summed E-state index contributed by atoms with van der Waals surface area (Å²) in [6.07, 6.45) is 8.47. The normalized spacial score (nSPS) is 14.5. The van der Waals surface area contributed by atoms with Crippen LogP contribution in [0.3, 0.4) is 0 Å². The smallest absolute Gasteiger partial charge is 0.263 e. The molecule has 148 valence electrons. The molecule has 1 fully saturated rings. The average molecular weight is 382 g/mol. The van der Waals surface area contributed by atoms with Crippen molar-refractivity contribution in [3.63, 3.8) is 0 Å². The van der Waals surface area contributed by atoms with E-state index >= 15 is 0 Å². The molecule has 0 atom stereocenters. The Balaban J connectivity index is 1.62. The van der Waals surface area contributed by atoms with E-state index in [1.54, 1.807) is 12.3 Å². The van der Waals surface area contributed by atoms with Crippen LogP contribution in [0.2, 0.25) is 0 Å². The molecule has 2 amide bonds. The zero-order valence-electron chi connectivity index (χ0n) is 16.1. The number of amides is 2. The molecule has 3 rings (SSSR count). The van der Waals surface area contributed by atoms with E-state index in [4.69, 9.17) is 0 Å². The van der Waals surface area contributed by atoms with Crippen LogP contribution in [0.15, 0.2) is 41.5 Å². The van der Waals surface area contributed by atoms with Gasteiger partial charge >= 0.3 is 0 Å². The quantitative estimate of drug-likeness (QED) is 0.798. The van der Waals surface area contributed by atoms with E-state index in [-0.39, 0.29) is 30.0 Å². The Morgan fingerprint density at radius 1 is 1.18 bits per heavy atom. The van der Waals surface area contributed by atoms with Crippen LogP contribution in [-0.2, 0) is 17.9 Å². The van der Waals surface area contributed by atoms with E-state index in [1.165, 1.54) is 23.3 Å². The molecule has 1 aliphatic rings. The van der Waals surface area contributed by atoms with Gasteiger partial charge in [-0.15, -0.1) is 0 Å². The van der Waals surface area contributed by atoms with E-state index < -0.39 is 5.56 Å². The molecule has 0 spiro atoms. The number of rotatable bonds is 6. The van der Waals surface area contributed by atoms with Gasteiger partial charge in [-0.05, 0) is 43.5 Å². The van der Waals surface area contributed by atoms with Gasteiger partial charge in [0.05, 0.1) is 12.2 Å². The summed E-state index contributed by atoms with van der Waals surface area (Å²) in [6, 6.07) is 7.01. The molecule has 0 bridgehead atoms. The summed E-state index contributed by atoms with van der Waals surface area (Å²) in [4.78, 5) is 41.6. The van der Waals surface area contributed by atoms with Gasteiger partial charge in [-0.2, -0.15) is 0 Å². The largest absolute Gasteiger partial charge is 0.349 e. The Labute approximate surface area is 164 Å². The number of hydrogen-bond donors (Lipinski definition) is 2. The van der Waals surface area contributed by atoms with E-state index in [9.17, 15) is 14.4 Å². The fourth-order valence-electron chi connectivity index (χ4n) is 3.44. The minimum atomic E-state index is -0.458. The summed E-state index contributed by atoms with van der Waals surface area (Å²) < 4.78 is 1.26. The highest BCUT2D eigenvalue weighted by Crippen LogP contribution is 2.17. The number of aromatic nitrogens is 2. The van der Waals surface area contributed by atoms with Crippen LogP contribution < -0.4 is 16.2 Å². The molecule has 0 aliphatic heterocycles. The van der Waals surface area contributed by atoms with Crippen molar-refractivity contribution in [2.24, 2.45) is 0 Å². The summed E-state index contributed by atoms with van der Waals surface area (Å²) in [7, 11) is 0. The highest BCUT2D eigenvalue weighted by atomic mass is 16.2. The van der Waals surface area contributed by atoms with Crippen molar-refractivity contribution in [2.75, 3.05) is 0 Å². The highest BCUT2D eigenvalue weighted by Gasteiger charge is 2.19. The first-order valence-electron chi connectivity index (χ1n) is 9.72. The van der Waals surface area contributed by atoms with Crippen molar-refractivity contribution >= 4 is 11.8 Å². The zero-order valence-corrected chi connectivity index (χ0v) is 16.1. The van der Waals surface area contributed by atoms with Gasteiger partial charge in [0.25, 0.3) is 11.5 Å². The van der Waals surface area contributed by atoms with Crippen LogP contribution in [0.25, 0.3) is 0 Å². The van der Waals surface area contributed by atoms with E-state index in [0.717, 1.165) is 36.9 Å². The van der Waals surface area contributed by atoms with Gasteiger partial charge in [0.2, 0.25) is 5.91 Å². The van der Waals surface area contributed by atoms with E-state index in [1.807, 2.05) is 19.1 Å². The summed E-state index contributed by atoms with van der Waals surface area (Å²) in [6.45, 7) is 2.07. The molecular weight excluding hydrogens is 356 g/mol. The van der Waals surface area contributed by atoms with Crippen LogP contribution in [0, 0.1) is 6.92 Å². The van der Waals surface area contributed by atoms with Crippen molar-refractivity contribution in [3.8, 4) is 0 Å². The van der Waals surface area contributed by atoms with Crippen molar-refractivity contribution < 1.29 is 9.59 Å². The number of aryl methyl sites for hydroxylation is 1. The minimum absolute atomic E-state index is 0.0708. The molecule has 28 heavy (non-hydrogen) atoms. The summed E-state index contributed by atoms with van der Waals surface area (Å²) >= 11 is 0. The molecule has 2 heterocycles. The first kappa shape index (κ1) is 19.8. The lowest BCUT2D eigenvalue weighted by Crippen LogP contribution is -2.40. The van der Waals surface area contributed by atoms with Crippen LogP contribution in [0.1, 0.15) is 53.7 Å². The van der Waals surface area contributed by atoms with Crippen molar-refractivity contribution in [1.29, 1.82) is 0 Å². The molecule has 0 unspecified atom stereocenters. The summed E-state index contributed by atoms with van der Waals surface area (Å²) in [5, 5.41) is 5.72. The SMILES string of the molecule is Cc1cccnc1CNC(=O)Cn1cccc(C(=O)NC2CCCCC2)c1=O. The van der Waals surface area contributed by atoms with Gasteiger partial charge in [-0.3, -0.25) is 19.4 Å². The van der Waals surface area contributed by atoms with Gasteiger partial charge in [0.15, 0.2) is 0 Å². The molecule has 0 aromatic carbocycles. The number of nitrogens with one attached hydrogen (secondary N) is 2. The molecule has 7 nitrogen and oxygen atoms in total. The Morgan fingerprint density at radius 2 is 1.96 bits per heavy atom. The Hall–Kier alpha value is -2.96. The Kier molecular flexibility index (Phi) is 6.57. The zero-order chi connectivity index (χ0) is 19.9. The van der Waals surface area contributed by atoms with Crippen molar-refractivity contribution in [2.45, 2.75) is 58.2 Å². The predicted molar refractivity (Wildman–Crippen MR) is 106 cm³/mol. The topological polar surface area (TPSA) is 93.1 Å². The Morgan fingerprint density at radius 3 is 2.71 bits per heavy atom. The minimum Gasteiger partial charge on any atom is -0.349 e. The van der Waals surface area contributed by atoms with E-state index in [0.29, 0.717) is 6.54 Å². The number of nitrogens with zero attached hydrogens (tertiary/aromatic N) is 2. The monoisotopic (exact) mass is 382 g/mol. The maximum Gasteiger partial charge on any atom is 0.263 e. The fourth-order valence-corrected chi connectivity index (χ4v) is 3.44. The summed E-state index contributed by atoms with van der Waals surface area (Å²) in [5.41, 5.74) is 1.38. The van der Waals surface area contributed by atoms with E-state index in [2.05, 4.69) is 15.6 Å². The van der Waals surface area contributed by atoms with Crippen molar-refractivity contribution in [1.82, 2.24) is 20.2 Å². The molecule has 2 N–H and O–H groups in total. The lowest BCUT2D eigenvalue weighted by atomic mass is 9.95. The predicted octanol–water partition coefficient (Wildman–Crippen LogP) is 1.93. The first-order valence-corrected chi connectivity index (χ1v) is 9.72. The van der Waals surface area contributed by atoms with Crippen molar-refractivity contribution in [3.05, 3.63) is 63.8 Å². The number of pyridine rings is 2. The van der Waals surface area contributed by atoms with Gasteiger partial charge in [0, 0.05) is 18.4 Å². The van der Waals surface area contributed by atoms with Gasteiger partial charge in [0.1, 0.15) is 12.1 Å². The highest BCUT2D eigenvalue weighted by molar-refractivity contribution is 5.94. The van der Waals surface area contributed by atoms with Crippen LogP contribution >= 0.6 is 0 Å². The lowest BCUT2D eigenvalue weighted by Gasteiger charge is -2.22. The number of carbonyl (C=O) groups is 2. The third kappa shape index (κ3) is 5.06. The second kappa shape index (κ2) is 9.30.